The number of ether oxygens (including phenoxy) is 1. The predicted octanol–water partition coefficient (Wildman–Crippen LogP) is 3.36. The summed E-state index contributed by atoms with van der Waals surface area (Å²) in [6.07, 6.45) is 3.20. The molecule has 1 aromatic heterocycles. The van der Waals surface area contributed by atoms with Gasteiger partial charge in [-0.25, -0.2) is 0 Å². The summed E-state index contributed by atoms with van der Waals surface area (Å²) in [4.78, 5) is 16.4. The van der Waals surface area contributed by atoms with Gasteiger partial charge in [0.2, 0.25) is 5.91 Å². The molecular formula is C15H15BrN2O2. The number of fused-ring (bicyclic) bond motifs is 1. The normalized spacial score (nSPS) is 18.4. The number of rotatable bonds is 3. The number of carbonyl (C=O) groups excluding carboxylic acids is 1. The van der Waals surface area contributed by atoms with Crippen molar-refractivity contribution in [2.24, 2.45) is 5.92 Å². The molecule has 1 amide bonds. The van der Waals surface area contributed by atoms with Crippen LogP contribution in [0, 0.1) is 5.92 Å². The fraction of sp³-hybridized carbons (Fsp3) is 0.333. The molecule has 0 spiro atoms. The third-order valence-corrected chi connectivity index (χ3v) is 4.18. The highest BCUT2D eigenvalue weighted by Gasteiger charge is 2.19. The van der Waals surface area contributed by atoms with E-state index in [0.717, 1.165) is 34.1 Å². The lowest BCUT2D eigenvalue weighted by molar-refractivity contribution is -0.117. The van der Waals surface area contributed by atoms with Crippen LogP contribution in [0.4, 0.5) is 5.69 Å². The van der Waals surface area contributed by atoms with Crippen molar-refractivity contribution in [1.82, 2.24) is 4.98 Å². The number of nitrogens with one attached hydrogen (secondary N) is 1. The van der Waals surface area contributed by atoms with Crippen LogP contribution in [-0.4, -0.2) is 24.1 Å². The molecule has 1 aliphatic heterocycles. The Kier molecular flexibility index (Phi) is 3.98. The van der Waals surface area contributed by atoms with Gasteiger partial charge in [0.05, 0.1) is 11.2 Å². The first-order chi connectivity index (χ1) is 9.74. The quantitative estimate of drug-likeness (QED) is 0.936. The van der Waals surface area contributed by atoms with Gasteiger partial charge < -0.3 is 10.1 Å². The smallest absolute Gasteiger partial charge is 0.224 e. The van der Waals surface area contributed by atoms with Crippen LogP contribution in [0.5, 0.6) is 0 Å². The lowest BCUT2D eigenvalue weighted by Gasteiger charge is -2.11. The lowest BCUT2D eigenvalue weighted by Crippen LogP contribution is -2.17. The lowest BCUT2D eigenvalue weighted by atomic mass is 10.0. The number of halogens is 1. The van der Waals surface area contributed by atoms with Gasteiger partial charge in [0.1, 0.15) is 0 Å². The minimum absolute atomic E-state index is 0.0229. The van der Waals surface area contributed by atoms with E-state index in [-0.39, 0.29) is 5.91 Å². The van der Waals surface area contributed by atoms with E-state index in [1.165, 1.54) is 0 Å². The third-order valence-electron chi connectivity index (χ3n) is 3.49. The van der Waals surface area contributed by atoms with Gasteiger partial charge in [-0.3, -0.25) is 9.78 Å². The Morgan fingerprint density at radius 3 is 3.15 bits per heavy atom. The molecule has 0 saturated carbocycles. The van der Waals surface area contributed by atoms with E-state index in [2.05, 4.69) is 26.2 Å². The molecular weight excluding hydrogens is 320 g/mol. The van der Waals surface area contributed by atoms with Crippen molar-refractivity contribution in [2.45, 2.75) is 12.8 Å². The summed E-state index contributed by atoms with van der Waals surface area (Å²) in [5.41, 5.74) is 1.56. The monoisotopic (exact) mass is 334 g/mol. The van der Waals surface area contributed by atoms with E-state index >= 15 is 0 Å². The molecule has 2 heterocycles. The van der Waals surface area contributed by atoms with Crippen LogP contribution in [0.25, 0.3) is 10.9 Å². The molecule has 1 atom stereocenters. The van der Waals surface area contributed by atoms with Crippen molar-refractivity contribution < 1.29 is 9.53 Å². The number of aromatic nitrogens is 1. The SMILES string of the molecule is O=C(CC1CCOC1)Nc1ccc(Br)c2cccnc12. The minimum atomic E-state index is 0.0229. The fourth-order valence-corrected chi connectivity index (χ4v) is 2.90. The number of hydrogen-bond acceptors (Lipinski definition) is 3. The zero-order valence-electron chi connectivity index (χ0n) is 10.9. The summed E-state index contributed by atoms with van der Waals surface area (Å²) in [7, 11) is 0. The Hall–Kier alpha value is -1.46. The summed E-state index contributed by atoms with van der Waals surface area (Å²) in [6.45, 7) is 1.45. The highest BCUT2D eigenvalue weighted by Crippen LogP contribution is 2.28. The van der Waals surface area contributed by atoms with Crippen LogP contribution < -0.4 is 5.32 Å². The zero-order chi connectivity index (χ0) is 13.9. The van der Waals surface area contributed by atoms with Crippen LogP contribution >= 0.6 is 15.9 Å². The maximum absolute atomic E-state index is 12.1. The molecule has 2 aromatic rings. The van der Waals surface area contributed by atoms with Crippen LogP contribution in [0.15, 0.2) is 34.9 Å². The summed E-state index contributed by atoms with van der Waals surface area (Å²) in [6, 6.07) is 7.67. The molecule has 1 fully saturated rings. The molecule has 20 heavy (non-hydrogen) atoms. The molecule has 1 saturated heterocycles. The average Bonchev–Trinajstić information content (AvgIpc) is 2.95. The van der Waals surface area contributed by atoms with E-state index in [9.17, 15) is 4.79 Å². The molecule has 0 radical (unpaired) electrons. The number of nitrogens with zero attached hydrogens (tertiary/aromatic N) is 1. The number of benzene rings is 1. The Morgan fingerprint density at radius 2 is 2.35 bits per heavy atom. The van der Waals surface area contributed by atoms with E-state index in [0.29, 0.717) is 18.9 Å². The van der Waals surface area contributed by atoms with Gasteiger partial charge in [0.15, 0.2) is 0 Å². The van der Waals surface area contributed by atoms with Crippen molar-refractivity contribution >= 4 is 38.4 Å². The Morgan fingerprint density at radius 1 is 1.45 bits per heavy atom. The van der Waals surface area contributed by atoms with Gasteiger partial charge in [-0.1, -0.05) is 22.0 Å². The van der Waals surface area contributed by atoms with Crippen molar-refractivity contribution in [2.75, 3.05) is 18.5 Å². The molecule has 1 N–H and O–H groups in total. The highest BCUT2D eigenvalue weighted by molar-refractivity contribution is 9.10. The number of anilines is 1. The molecule has 1 unspecified atom stereocenters. The molecule has 3 rings (SSSR count). The van der Waals surface area contributed by atoms with Gasteiger partial charge in [-0.05, 0) is 30.5 Å². The standard InChI is InChI=1S/C15H15BrN2O2/c16-12-3-4-13(15-11(12)2-1-6-17-15)18-14(19)8-10-5-7-20-9-10/h1-4,6,10H,5,7-9H2,(H,18,19). The van der Waals surface area contributed by atoms with E-state index in [1.807, 2.05) is 24.3 Å². The highest BCUT2D eigenvalue weighted by atomic mass is 79.9. The van der Waals surface area contributed by atoms with Crippen LogP contribution in [0.3, 0.4) is 0 Å². The fourth-order valence-electron chi connectivity index (χ4n) is 2.45. The van der Waals surface area contributed by atoms with Crippen molar-refractivity contribution in [1.29, 1.82) is 0 Å². The van der Waals surface area contributed by atoms with Gasteiger partial charge in [-0.15, -0.1) is 0 Å². The largest absolute Gasteiger partial charge is 0.381 e. The third kappa shape index (κ3) is 2.83. The molecule has 0 bridgehead atoms. The van der Waals surface area contributed by atoms with Gasteiger partial charge >= 0.3 is 0 Å². The van der Waals surface area contributed by atoms with E-state index < -0.39 is 0 Å². The maximum Gasteiger partial charge on any atom is 0.224 e. The first kappa shape index (κ1) is 13.5. The Labute approximate surface area is 125 Å². The summed E-state index contributed by atoms with van der Waals surface area (Å²) < 4.78 is 6.27. The van der Waals surface area contributed by atoms with Gasteiger partial charge in [0, 0.05) is 35.7 Å². The van der Waals surface area contributed by atoms with Crippen molar-refractivity contribution in [3.05, 3.63) is 34.9 Å². The first-order valence-corrected chi connectivity index (χ1v) is 7.44. The summed E-state index contributed by atoms with van der Waals surface area (Å²) >= 11 is 3.50. The number of hydrogen-bond donors (Lipinski definition) is 1. The Bertz CT molecular complexity index is 639. The van der Waals surface area contributed by atoms with Crippen molar-refractivity contribution in [3.63, 3.8) is 0 Å². The Balaban J connectivity index is 1.80. The second kappa shape index (κ2) is 5.89. The van der Waals surface area contributed by atoms with Gasteiger partial charge in [-0.2, -0.15) is 0 Å². The number of carbonyl (C=O) groups is 1. The topological polar surface area (TPSA) is 51.2 Å². The second-order valence-electron chi connectivity index (χ2n) is 4.98. The van der Waals surface area contributed by atoms with Crippen molar-refractivity contribution in [3.8, 4) is 0 Å². The van der Waals surface area contributed by atoms with Gasteiger partial charge in [0.25, 0.3) is 0 Å². The van der Waals surface area contributed by atoms with Crippen LogP contribution in [0.1, 0.15) is 12.8 Å². The minimum Gasteiger partial charge on any atom is -0.381 e. The van der Waals surface area contributed by atoms with E-state index in [1.54, 1.807) is 6.20 Å². The number of amides is 1. The first-order valence-electron chi connectivity index (χ1n) is 6.65. The van der Waals surface area contributed by atoms with Crippen LogP contribution in [-0.2, 0) is 9.53 Å². The second-order valence-corrected chi connectivity index (χ2v) is 5.83. The molecule has 104 valence electrons. The molecule has 1 aromatic carbocycles. The van der Waals surface area contributed by atoms with Crippen LogP contribution in [0.2, 0.25) is 0 Å². The molecule has 1 aliphatic rings. The zero-order valence-corrected chi connectivity index (χ0v) is 12.5. The predicted molar refractivity (Wildman–Crippen MR) is 81.6 cm³/mol. The summed E-state index contributed by atoms with van der Waals surface area (Å²) in [5.74, 6) is 0.361. The number of pyridine rings is 1. The molecule has 0 aliphatic carbocycles. The van der Waals surface area contributed by atoms with E-state index in [4.69, 9.17) is 4.74 Å². The summed E-state index contributed by atoms with van der Waals surface area (Å²) in [5, 5.41) is 3.96. The molecule has 4 nitrogen and oxygen atoms in total. The molecule has 5 heteroatoms. The maximum atomic E-state index is 12.1. The average molecular weight is 335 g/mol.